The van der Waals surface area contributed by atoms with Gasteiger partial charge in [0.25, 0.3) is 5.91 Å². The molecule has 0 spiro atoms. The number of nitrogens with one attached hydrogen (secondary N) is 1. The minimum Gasteiger partial charge on any atom is -0.321 e. The van der Waals surface area contributed by atoms with Crippen molar-refractivity contribution in [2.45, 2.75) is 12.8 Å². The van der Waals surface area contributed by atoms with Crippen LogP contribution in [0, 0.1) is 0 Å². The molecule has 24 heavy (non-hydrogen) atoms. The van der Waals surface area contributed by atoms with Crippen molar-refractivity contribution in [2.24, 2.45) is 0 Å². The van der Waals surface area contributed by atoms with Crippen LogP contribution in [-0.4, -0.2) is 31.6 Å². The van der Waals surface area contributed by atoms with Crippen LogP contribution in [0.3, 0.4) is 0 Å². The Balaban J connectivity index is 1.83. The number of benzene rings is 1. The molecule has 0 atom stereocenters. The number of amides is 1. The van der Waals surface area contributed by atoms with E-state index in [1.165, 1.54) is 22.6 Å². The van der Waals surface area contributed by atoms with Gasteiger partial charge >= 0.3 is 0 Å². The van der Waals surface area contributed by atoms with Crippen molar-refractivity contribution in [2.75, 3.05) is 21.9 Å². The fraction of sp³-hybridized carbons (Fsp3) is 0.250. The van der Waals surface area contributed by atoms with Gasteiger partial charge in [-0.3, -0.25) is 14.1 Å². The molecular formula is C16H16ClN3O3S. The highest BCUT2D eigenvalue weighted by Crippen LogP contribution is 2.28. The number of pyridine rings is 1. The molecule has 2 heterocycles. The molecule has 0 aliphatic carbocycles. The lowest BCUT2D eigenvalue weighted by Gasteiger charge is -2.28. The molecule has 1 aromatic heterocycles. The molecule has 1 aliphatic rings. The van der Waals surface area contributed by atoms with Crippen molar-refractivity contribution in [1.82, 2.24) is 4.98 Å². The number of hydrogen-bond donors (Lipinski definition) is 1. The van der Waals surface area contributed by atoms with Crippen molar-refractivity contribution in [1.29, 1.82) is 0 Å². The molecule has 8 heteroatoms. The van der Waals surface area contributed by atoms with Crippen molar-refractivity contribution in [3.05, 3.63) is 53.3 Å². The predicted molar refractivity (Wildman–Crippen MR) is 94.0 cm³/mol. The average Bonchev–Trinajstić information content (AvgIpc) is 2.55. The van der Waals surface area contributed by atoms with E-state index in [4.69, 9.17) is 11.6 Å². The first kappa shape index (κ1) is 16.7. The largest absolute Gasteiger partial charge is 0.321 e. The summed E-state index contributed by atoms with van der Waals surface area (Å²) < 4.78 is 25.7. The smallest absolute Gasteiger partial charge is 0.257 e. The third-order valence-corrected chi connectivity index (χ3v) is 5.94. The summed E-state index contributed by atoms with van der Waals surface area (Å²) >= 11 is 6.20. The first-order valence-corrected chi connectivity index (χ1v) is 9.47. The summed E-state index contributed by atoms with van der Waals surface area (Å²) in [6.07, 6.45) is 4.61. The molecule has 1 N–H and O–H groups in total. The Morgan fingerprint density at radius 3 is 2.75 bits per heavy atom. The summed E-state index contributed by atoms with van der Waals surface area (Å²) in [7, 11) is -3.31. The van der Waals surface area contributed by atoms with Crippen LogP contribution in [0.5, 0.6) is 0 Å². The van der Waals surface area contributed by atoms with Crippen LogP contribution >= 0.6 is 11.6 Å². The van der Waals surface area contributed by atoms with E-state index in [-0.39, 0.29) is 22.2 Å². The zero-order valence-corrected chi connectivity index (χ0v) is 14.3. The van der Waals surface area contributed by atoms with Gasteiger partial charge in [0.05, 0.1) is 33.9 Å². The molecule has 1 aliphatic heterocycles. The van der Waals surface area contributed by atoms with Gasteiger partial charge in [-0.05, 0) is 43.2 Å². The normalized spacial score (nSPS) is 16.6. The zero-order valence-electron chi connectivity index (χ0n) is 12.8. The topological polar surface area (TPSA) is 79.4 Å². The lowest BCUT2D eigenvalue weighted by Crippen LogP contribution is -2.37. The molecule has 6 nitrogen and oxygen atoms in total. The van der Waals surface area contributed by atoms with Gasteiger partial charge in [-0.15, -0.1) is 0 Å². The standard InChI is InChI=1S/C16H16ClN3O3S/c17-15-10-13(20-8-1-2-9-24(20,22)23)5-6-14(15)16(21)19-12-4-3-7-18-11-12/h3-7,10-11H,1-2,8-9H2,(H,19,21). The number of anilines is 2. The minimum absolute atomic E-state index is 0.133. The second-order valence-corrected chi connectivity index (χ2v) is 7.88. The van der Waals surface area contributed by atoms with E-state index < -0.39 is 10.0 Å². The second-order valence-electron chi connectivity index (χ2n) is 5.46. The Labute approximate surface area is 145 Å². The second kappa shape index (κ2) is 6.78. The average molecular weight is 366 g/mol. The first-order chi connectivity index (χ1) is 11.5. The van der Waals surface area contributed by atoms with Crippen LogP contribution < -0.4 is 9.62 Å². The van der Waals surface area contributed by atoms with Crippen LogP contribution in [0.4, 0.5) is 11.4 Å². The minimum atomic E-state index is -3.31. The monoisotopic (exact) mass is 365 g/mol. The van der Waals surface area contributed by atoms with Crippen LogP contribution in [0.25, 0.3) is 0 Å². The summed E-state index contributed by atoms with van der Waals surface area (Å²) in [6.45, 7) is 0.430. The molecule has 1 fully saturated rings. The Morgan fingerprint density at radius 2 is 2.08 bits per heavy atom. The molecule has 2 aromatic rings. The maximum Gasteiger partial charge on any atom is 0.257 e. The van der Waals surface area contributed by atoms with E-state index in [9.17, 15) is 13.2 Å². The SMILES string of the molecule is O=C(Nc1cccnc1)c1ccc(N2CCCCS2(=O)=O)cc1Cl. The number of aromatic nitrogens is 1. The molecule has 1 saturated heterocycles. The van der Waals surface area contributed by atoms with E-state index in [2.05, 4.69) is 10.3 Å². The van der Waals surface area contributed by atoms with Crippen molar-refractivity contribution >= 4 is 38.9 Å². The van der Waals surface area contributed by atoms with E-state index in [0.717, 1.165) is 6.42 Å². The van der Waals surface area contributed by atoms with E-state index in [1.54, 1.807) is 24.4 Å². The van der Waals surface area contributed by atoms with E-state index in [1.807, 2.05) is 0 Å². The van der Waals surface area contributed by atoms with Crippen LogP contribution in [0.1, 0.15) is 23.2 Å². The van der Waals surface area contributed by atoms with Gasteiger partial charge in [0.1, 0.15) is 0 Å². The fourth-order valence-corrected chi connectivity index (χ4v) is 4.45. The third-order valence-electron chi connectivity index (χ3n) is 3.75. The summed E-state index contributed by atoms with van der Waals surface area (Å²) in [4.78, 5) is 16.2. The van der Waals surface area contributed by atoms with Crippen molar-refractivity contribution in [3.8, 4) is 0 Å². The predicted octanol–water partition coefficient (Wildman–Crippen LogP) is 2.92. The van der Waals surface area contributed by atoms with Crippen molar-refractivity contribution < 1.29 is 13.2 Å². The molecule has 1 amide bonds. The van der Waals surface area contributed by atoms with Gasteiger partial charge in [-0.2, -0.15) is 0 Å². The molecule has 0 saturated carbocycles. The Bertz CT molecular complexity index is 856. The molecule has 3 rings (SSSR count). The maximum atomic E-state index is 12.3. The van der Waals surface area contributed by atoms with Crippen LogP contribution in [0.2, 0.25) is 5.02 Å². The Hall–Kier alpha value is -2.12. The van der Waals surface area contributed by atoms with Crippen LogP contribution in [-0.2, 0) is 10.0 Å². The number of rotatable bonds is 3. The number of nitrogens with zero attached hydrogens (tertiary/aromatic N) is 2. The van der Waals surface area contributed by atoms with Gasteiger partial charge in [-0.25, -0.2) is 8.42 Å². The number of halogens is 1. The maximum absolute atomic E-state index is 12.3. The highest BCUT2D eigenvalue weighted by molar-refractivity contribution is 7.92. The quantitative estimate of drug-likeness (QED) is 0.906. The van der Waals surface area contributed by atoms with Gasteiger partial charge in [0.15, 0.2) is 0 Å². The van der Waals surface area contributed by atoms with E-state index >= 15 is 0 Å². The van der Waals surface area contributed by atoms with Gasteiger partial charge in [0.2, 0.25) is 10.0 Å². The summed E-state index contributed by atoms with van der Waals surface area (Å²) in [5, 5.41) is 2.90. The number of carbonyl (C=O) groups excluding carboxylic acids is 1. The Kier molecular flexibility index (Phi) is 4.73. The number of sulfonamides is 1. The molecule has 126 valence electrons. The highest BCUT2D eigenvalue weighted by Gasteiger charge is 2.26. The molecule has 0 unspecified atom stereocenters. The first-order valence-electron chi connectivity index (χ1n) is 7.49. The van der Waals surface area contributed by atoms with E-state index in [0.29, 0.717) is 24.3 Å². The third kappa shape index (κ3) is 3.52. The molecular weight excluding hydrogens is 350 g/mol. The summed E-state index contributed by atoms with van der Waals surface area (Å²) in [5.74, 6) is -0.241. The van der Waals surface area contributed by atoms with Gasteiger partial charge < -0.3 is 5.32 Å². The van der Waals surface area contributed by atoms with Gasteiger partial charge in [-0.1, -0.05) is 11.6 Å². The lowest BCUT2D eigenvalue weighted by molar-refractivity contribution is 0.102. The summed E-state index contributed by atoms with van der Waals surface area (Å²) in [5.41, 5.74) is 1.32. The summed E-state index contributed by atoms with van der Waals surface area (Å²) in [6, 6.07) is 8.08. The lowest BCUT2D eigenvalue weighted by atomic mass is 10.2. The molecule has 0 bridgehead atoms. The molecule has 1 aromatic carbocycles. The van der Waals surface area contributed by atoms with Gasteiger partial charge in [0, 0.05) is 12.7 Å². The molecule has 0 radical (unpaired) electrons. The Morgan fingerprint density at radius 1 is 1.25 bits per heavy atom. The fourth-order valence-electron chi connectivity index (χ4n) is 2.56. The van der Waals surface area contributed by atoms with Crippen molar-refractivity contribution in [3.63, 3.8) is 0 Å². The zero-order chi connectivity index (χ0) is 17.2. The van der Waals surface area contributed by atoms with Crippen LogP contribution in [0.15, 0.2) is 42.7 Å². The number of carbonyl (C=O) groups is 1. The highest BCUT2D eigenvalue weighted by atomic mass is 35.5. The number of hydrogen-bond acceptors (Lipinski definition) is 4.